The molecule has 124 valence electrons. The van der Waals surface area contributed by atoms with Crippen molar-refractivity contribution in [1.29, 1.82) is 0 Å². The molecule has 0 aliphatic carbocycles. The molecule has 1 amide bonds. The number of nitrogens with one attached hydrogen (secondary N) is 1. The molecule has 0 aromatic carbocycles. The van der Waals surface area contributed by atoms with E-state index in [1.54, 1.807) is 0 Å². The van der Waals surface area contributed by atoms with E-state index in [-0.39, 0.29) is 17.6 Å². The van der Waals surface area contributed by atoms with Gasteiger partial charge in [0.1, 0.15) is 0 Å². The molecule has 0 unspecified atom stereocenters. The largest absolute Gasteiger partial charge is 0.375 e. The van der Waals surface area contributed by atoms with Gasteiger partial charge in [0.2, 0.25) is 5.91 Å². The number of hydrogen-bond donors (Lipinski definition) is 1. The Morgan fingerprint density at radius 3 is 2.43 bits per heavy atom. The van der Waals surface area contributed by atoms with Crippen LogP contribution in [-0.4, -0.2) is 24.2 Å². The number of carbonyl (C=O) groups is 1. The molecule has 1 saturated heterocycles. The third-order valence-electron chi connectivity index (χ3n) is 4.57. The highest BCUT2D eigenvalue weighted by atomic mass is 16.5. The maximum Gasteiger partial charge on any atom is 0.220 e. The molecule has 1 rings (SSSR count). The highest BCUT2D eigenvalue weighted by Gasteiger charge is 2.30. The Labute approximate surface area is 131 Å². The molecule has 21 heavy (non-hydrogen) atoms. The van der Waals surface area contributed by atoms with Crippen LogP contribution in [0.5, 0.6) is 0 Å². The zero-order valence-electron chi connectivity index (χ0n) is 14.9. The van der Waals surface area contributed by atoms with Crippen molar-refractivity contribution in [3.05, 3.63) is 0 Å². The van der Waals surface area contributed by atoms with Crippen LogP contribution < -0.4 is 5.32 Å². The molecular formula is C18H35NO2. The lowest BCUT2D eigenvalue weighted by Crippen LogP contribution is -2.46. The molecule has 1 aliphatic heterocycles. The second kappa shape index (κ2) is 8.17. The predicted octanol–water partition coefficient (Wildman–Crippen LogP) is 4.16. The van der Waals surface area contributed by atoms with Gasteiger partial charge in [-0.05, 0) is 50.9 Å². The molecule has 0 aromatic rings. The van der Waals surface area contributed by atoms with Crippen LogP contribution in [0.1, 0.15) is 73.6 Å². The standard InChI is InChI=1S/C18H35NO2/c1-13(2)7-8-15(14(3)4)11-17(20)19-16-9-10-21-18(5,6)12-16/h13-16H,7-12H2,1-6H3,(H,19,20)/t15-,16+/m0/s1. The maximum atomic E-state index is 12.3. The number of carbonyl (C=O) groups excluding carboxylic acids is 1. The first kappa shape index (κ1) is 18.5. The average molecular weight is 297 g/mol. The van der Waals surface area contributed by atoms with Gasteiger partial charge >= 0.3 is 0 Å². The summed E-state index contributed by atoms with van der Waals surface area (Å²) in [4.78, 5) is 12.3. The van der Waals surface area contributed by atoms with Crippen molar-refractivity contribution < 1.29 is 9.53 Å². The van der Waals surface area contributed by atoms with Gasteiger partial charge in [-0.15, -0.1) is 0 Å². The smallest absolute Gasteiger partial charge is 0.220 e. The molecule has 3 nitrogen and oxygen atoms in total. The fraction of sp³-hybridized carbons (Fsp3) is 0.944. The Bertz CT molecular complexity index is 323. The van der Waals surface area contributed by atoms with Crippen molar-refractivity contribution in [2.24, 2.45) is 17.8 Å². The van der Waals surface area contributed by atoms with Gasteiger partial charge in [0, 0.05) is 19.1 Å². The van der Waals surface area contributed by atoms with Crippen LogP contribution in [0, 0.1) is 17.8 Å². The summed E-state index contributed by atoms with van der Waals surface area (Å²) >= 11 is 0. The Morgan fingerprint density at radius 1 is 1.24 bits per heavy atom. The van der Waals surface area contributed by atoms with Crippen molar-refractivity contribution in [3.63, 3.8) is 0 Å². The zero-order chi connectivity index (χ0) is 16.0. The van der Waals surface area contributed by atoms with E-state index in [0.29, 0.717) is 24.2 Å². The molecule has 1 aliphatic rings. The third-order valence-corrected chi connectivity index (χ3v) is 4.57. The normalized spacial score (nSPS) is 23.3. The maximum absolute atomic E-state index is 12.3. The van der Waals surface area contributed by atoms with Gasteiger partial charge in [-0.1, -0.05) is 34.1 Å². The number of rotatable bonds is 7. The first-order valence-corrected chi connectivity index (χ1v) is 8.63. The lowest BCUT2D eigenvalue weighted by atomic mass is 9.85. The molecule has 0 spiro atoms. The molecule has 3 heteroatoms. The van der Waals surface area contributed by atoms with Crippen LogP contribution in [0.3, 0.4) is 0 Å². The molecule has 0 saturated carbocycles. The molecule has 1 fully saturated rings. The second-order valence-corrected chi connectivity index (χ2v) is 8.04. The summed E-state index contributed by atoms with van der Waals surface area (Å²) in [5.74, 6) is 2.01. The minimum absolute atomic E-state index is 0.106. The number of amides is 1. The van der Waals surface area contributed by atoms with Crippen LogP contribution in [0.2, 0.25) is 0 Å². The second-order valence-electron chi connectivity index (χ2n) is 8.04. The van der Waals surface area contributed by atoms with Crippen LogP contribution in [0.15, 0.2) is 0 Å². The van der Waals surface area contributed by atoms with Gasteiger partial charge in [-0.3, -0.25) is 4.79 Å². The summed E-state index contributed by atoms with van der Waals surface area (Å²) in [7, 11) is 0. The first-order chi connectivity index (χ1) is 9.69. The van der Waals surface area contributed by atoms with Crippen LogP contribution in [-0.2, 0) is 9.53 Å². The summed E-state index contributed by atoms with van der Waals surface area (Å²) in [5.41, 5.74) is -0.106. The van der Waals surface area contributed by atoms with E-state index in [1.165, 1.54) is 6.42 Å². The Balaban J connectivity index is 2.42. The van der Waals surface area contributed by atoms with Crippen molar-refractivity contribution in [2.45, 2.75) is 85.3 Å². The van der Waals surface area contributed by atoms with Crippen LogP contribution >= 0.6 is 0 Å². The fourth-order valence-corrected chi connectivity index (χ4v) is 3.10. The summed E-state index contributed by atoms with van der Waals surface area (Å²) in [5, 5.41) is 3.23. The van der Waals surface area contributed by atoms with Gasteiger partial charge in [0.25, 0.3) is 0 Å². The van der Waals surface area contributed by atoms with E-state index in [1.807, 2.05) is 0 Å². The molecule has 0 aromatic heterocycles. The SMILES string of the molecule is CC(C)CC[C@@H](CC(=O)N[C@@H]1CCOC(C)(C)C1)C(C)C. The Hall–Kier alpha value is -0.570. The monoisotopic (exact) mass is 297 g/mol. The molecule has 0 radical (unpaired) electrons. The zero-order valence-corrected chi connectivity index (χ0v) is 14.9. The fourth-order valence-electron chi connectivity index (χ4n) is 3.10. The van der Waals surface area contributed by atoms with Crippen molar-refractivity contribution in [3.8, 4) is 0 Å². The summed E-state index contributed by atoms with van der Waals surface area (Å²) in [6.07, 6.45) is 4.88. The van der Waals surface area contributed by atoms with Crippen molar-refractivity contribution in [2.75, 3.05) is 6.61 Å². The molecule has 2 atom stereocenters. The van der Waals surface area contributed by atoms with Crippen molar-refractivity contribution in [1.82, 2.24) is 5.32 Å². The molecular weight excluding hydrogens is 262 g/mol. The minimum atomic E-state index is -0.106. The Morgan fingerprint density at radius 2 is 1.90 bits per heavy atom. The number of hydrogen-bond acceptors (Lipinski definition) is 2. The highest BCUT2D eigenvalue weighted by molar-refractivity contribution is 5.76. The van der Waals surface area contributed by atoms with Gasteiger partial charge in [0.05, 0.1) is 5.60 Å². The predicted molar refractivity (Wildman–Crippen MR) is 88.2 cm³/mol. The van der Waals surface area contributed by atoms with E-state index >= 15 is 0 Å². The van der Waals surface area contributed by atoms with Crippen molar-refractivity contribution >= 4 is 5.91 Å². The van der Waals surface area contributed by atoms with Gasteiger partial charge in [-0.2, -0.15) is 0 Å². The van der Waals surface area contributed by atoms with Crippen LogP contribution in [0.4, 0.5) is 0 Å². The third kappa shape index (κ3) is 7.30. The van der Waals surface area contributed by atoms with E-state index in [9.17, 15) is 4.79 Å². The molecule has 1 N–H and O–H groups in total. The lowest BCUT2D eigenvalue weighted by Gasteiger charge is -2.36. The minimum Gasteiger partial charge on any atom is -0.375 e. The Kier molecular flexibility index (Phi) is 7.19. The molecule has 0 bridgehead atoms. The summed E-state index contributed by atoms with van der Waals surface area (Å²) < 4.78 is 5.71. The lowest BCUT2D eigenvalue weighted by molar-refractivity contribution is -0.125. The van der Waals surface area contributed by atoms with E-state index in [4.69, 9.17) is 4.74 Å². The van der Waals surface area contributed by atoms with E-state index < -0.39 is 0 Å². The summed E-state index contributed by atoms with van der Waals surface area (Å²) in [6, 6.07) is 0.277. The number of ether oxygens (including phenoxy) is 1. The van der Waals surface area contributed by atoms with E-state index in [0.717, 1.165) is 25.9 Å². The molecule has 1 heterocycles. The van der Waals surface area contributed by atoms with Gasteiger partial charge in [-0.25, -0.2) is 0 Å². The van der Waals surface area contributed by atoms with Gasteiger partial charge < -0.3 is 10.1 Å². The summed E-state index contributed by atoms with van der Waals surface area (Å²) in [6.45, 7) is 13.9. The highest BCUT2D eigenvalue weighted by Crippen LogP contribution is 2.26. The average Bonchev–Trinajstić information content (AvgIpc) is 2.32. The van der Waals surface area contributed by atoms with Crippen LogP contribution in [0.25, 0.3) is 0 Å². The van der Waals surface area contributed by atoms with E-state index in [2.05, 4.69) is 46.9 Å². The topological polar surface area (TPSA) is 38.3 Å². The van der Waals surface area contributed by atoms with Gasteiger partial charge in [0.15, 0.2) is 0 Å². The quantitative estimate of drug-likeness (QED) is 0.766. The first-order valence-electron chi connectivity index (χ1n) is 8.63.